The summed E-state index contributed by atoms with van der Waals surface area (Å²) in [6, 6.07) is 9.68. The molecule has 1 N–H and O–H groups in total. The van der Waals surface area contributed by atoms with E-state index in [0.29, 0.717) is 19.5 Å². The molecule has 136 valence electrons. The van der Waals surface area contributed by atoms with Crippen molar-refractivity contribution in [1.82, 2.24) is 4.90 Å². The molecule has 0 saturated heterocycles. The lowest BCUT2D eigenvalue weighted by Crippen LogP contribution is -2.37. The van der Waals surface area contributed by atoms with E-state index in [9.17, 15) is 9.59 Å². The number of furan rings is 1. The molecule has 1 aromatic heterocycles. The molecule has 2 aliphatic rings. The molecule has 1 aliphatic heterocycles. The Bertz CT molecular complexity index is 821. The van der Waals surface area contributed by atoms with Gasteiger partial charge in [0.15, 0.2) is 0 Å². The number of carbonyl (C=O) groups is 2. The highest BCUT2D eigenvalue weighted by molar-refractivity contribution is 5.94. The summed E-state index contributed by atoms with van der Waals surface area (Å²) in [6.45, 7) is 1.30. The standard InChI is InChI=1S/C20H22N2O4/c1-25-12-19(23)22-9-8-17-15(11-22)10-18(26-17)13-4-6-16(7-5-13)21-20(24)14-2-3-14/h4-7,10,14H,2-3,8-9,11-12H2,1H3,(H,21,24). The van der Waals surface area contributed by atoms with E-state index >= 15 is 0 Å². The molecular formula is C20H22N2O4. The summed E-state index contributed by atoms with van der Waals surface area (Å²) in [7, 11) is 1.53. The van der Waals surface area contributed by atoms with Crippen LogP contribution in [-0.2, 0) is 27.3 Å². The van der Waals surface area contributed by atoms with E-state index in [4.69, 9.17) is 9.15 Å². The number of ether oxygens (including phenoxy) is 1. The van der Waals surface area contributed by atoms with E-state index in [1.807, 2.05) is 30.3 Å². The van der Waals surface area contributed by atoms with Crippen LogP contribution in [-0.4, -0.2) is 37.0 Å². The van der Waals surface area contributed by atoms with Gasteiger partial charge in [-0.15, -0.1) is 0 Å². The molecule has 2 amide bonds. The van der Waals surface area contributed by atoms with Crippen LogP contribution in [0.4, 0.5) is 5.69 Å². The number of amides is 2. The molecule has 0 spiro atoms. The first-order valence-electron chi connectivity index (χ1n) is 8.93. The molecule has 1 fully saturated rings. The van der Waals surface area contributed by atoms with Crippen molar-refractivity contribution in [1.29, 1.82) is 0 Å². The van der Waals surface area contributed by atoms with E-state index in [1.165, 1.54) is 7.11 Å². The molecule has 6 heteroatoms. The molecule has 4 rings (SSSR count). The van der Waals surface area contributed by atoms with Gasteiger partial charge in [-0.05, 0) is 43.2 Å². The van der Waals surface area contributed by atoms with Gasteiger partial charge in [-0.3, -0.25) is 9.59 Å². The fraction of sp³-hybridized carbons (Fsp3) is 0.400. The topological polar surface area (TPSA) is 71.8 Å². The Balaban J connectivity index is 1.46. The molecule has 2 heterocycles. The Kier molecular flexibility index (Phi) is 4.51. The third kappa shape index (κ3) is 3.51. The van der Waals surface area contributed by atoms with Gasteiger partial charge in [0.2, 0.25) is 11.8 Å². The molecule has 0 atom stereocenters. The second kappa shape index (κ2) is 6.96. The maximum atomic E-state index is 12.0. The molecule has 6 nitrogen and oxygen atoms in total. The smallest absolute Gasteiger partial charge is 0.248 e. The lowest BCUT2D eigenvalue weighted by atomic mass is 10.1. The normalized spacial score (nSPS) is 16.3. The molecule has 0 bridgehead atoms. The van der Waals surface area contributed by atoms with Crippen molar-refractivity contribution < 1.29 is 18.7 Å². The van der Waals surface area contributed by atoms with Crippen LogP contribution in [0.2, 0.25) is 0 Å². The zero-order chi connectivity index (χ0) is 18.1. The fourth-order valence-corrected chi connectivity index (χ4v) is 3.21. The number of methoxy groups -OCH3 is 1. The van der Waals surface area contributed by atoms with E-state index in [1.54, 1.807) is 4.90 Å². The lowest BCUT2D eigenvalue weighted by Gasteiger charge is -2.25. The summed E-state index contributed by atoms with van der Waals surface area (Å²) in [5.74, 6) is 2.02. The van der Waals surface area contributed by atoms with Gasteiger partial charge in [0.05, 0.1) is 0 Å². The SMILES string of the molecule is COCC(=O)N1CCc2oc(-c3ccc(NC(=O)C4CC4)cc3)cc2C1. The Morgan fingerprint density at radius 3 is 2.73 bits per heavy atom. The molecule has 26 heavy (non-hydrogen) atoms. The Morgan fingerprint density at radius 1 is 1.27 bits per heavy atom. The van der Waals surface area contributed by atoms with Crippen molar-refractivity contribution in [3.8, 4) is 11.3 Å². The van der Waals surface area contributed by atoms with Crippen molar-refractivity contribution in [2.45, 2.75) is 25.8 Å². The average Bonchev–Trinajstić information content (AvgIpc) is 3.41. The van der Waals surface area contributed by atoms with Gasteiger partial charge in [-0.2, -0.15) is 0 Å². The summed E-state index contributed by atoms with van der Waals surface area (Å²) in [4.78, 5) is 25.6. The van der Waals surface area contributed by atoms with Gasteiger partial charge in [0.25, 0.3) is 0 Å². The van der Waals surface area contributed by atoms with Crippen LogP contribution in [0.5, 0.6) is 0 Å². The summed E-state index contributed by atoms with van der Waals surface area (Å²) in [5.41, 5.74) is 2.80. The summed E-state index contributed by atoms with van der Waals surface area (Å²) >= 11 is 0. The highest BCUT2D eigenvalue weighted by atomic mass is 16.5. The van der Waals surface area contributed by atoms with Crippen LogP contribution in [0.3, 0.4) is 0 Å². The minimum absolute atomic E-state index is 0.00310. The van der Waals surface area contributed by atoms with Crippen molar-refractivity contribution in [3.63, 3.8) is 0 Å². The predicted octanol–water partition coefficient (Wildman–Crippen LogP) is 2.83. The average molecular weight is 354 g/mol. The predicted molar refractivity (Wildman–Crippen MR) is 96.5 cm³/mol. The summed E-state index contributed by atoms with van der Waals surface area (Å²) in [6.07, 6.45) is 2.69. The highest BCUT2D eigenvalue weighted by Gasteiger charge is 2.29. The van der Waals surface area contributed by atoms with Crippen LogP contribution in [0.25, 0.3) is 11.3 Å². The number of nitrogens with one attached hydrogen (secondary N) is 1. The maximum Gasteiger partial charge on any atom is 0.248 e. The van der Waals surface area contributed by atoms with Crippen LogP contribution >= 0.6 is 0 Å². The molecular weight excluding hydrogens is 332 g/mol. The van der Waals surface area contributed by atoms with Crippen LogP contribution in [0, 0.1) is 5.92 Å². The number of rotatable bonds is 5. The first-order chi connectivity index (χ1) is 12.6. The third-order valence-corrected chi connectivity index (χ3v) is 4.87. The van der Waals surface area contributed by atoms with Crippen molar-refractivity contribution in [2.24, 2.45) is 5.92 Å². The number of hydrogen-bond donors (Lipinski definition) is 1. The van der Waals surface area contributed by atoms with Gasteiger partial charge < -0.3 is 19.4 Å². The third-order valence-electron chi connectivity index (χ3n) is 4.87. The van der Waals surface area contributed by atoms with Crippen LogP contribution < -0.4 is 5.32 Å². The second-order valence-corrected chi connectivity index (χ2v) is 6.90. The fourth-order valence-electron chi connectivity index (χ4n) is 3.21. The van der Waals surface area contributed by atoms with E-state index < -0.39 is 0 Å². The molecule has 1 aromatic carbocycles. The zero-order valence-corrected chi connectivity index (χ0v) is 14.8. The first-order valence-corrected chi connectivity index (χ1v) is 8.93. The number of hydrogen-bond acceptors (Lipinski definition) is 4. The second-order valence-electron chi connectivity index (χ2n) is 6.90. The van der Waals surface area contributed by atoms with Crippen molar-refractivity contribution >= 4 is 17.5 Å². The number of benzene rings is 1. The van der Waals surface area contributed by atoms with E-state index in [-0.39, 0.29) is 24.3 Å². The van der Waals surface area contributed by atoms with E-state index in [2.05, 4.69) is 5.32 Å². The Hall–Kier alpha value is -2.60. The molecule has 1 saturated carbocycles. The largest absolute Gasteiger partial charge is 0.461 e. The van der Waals surface area contributed by atoms with Gasteiger partial charge in [0.1, 0.15) is 18.1 Å². The van der Waals surface area contributed by atoms with Gasteiger partial charge in [-0.25, -0.2) is 0 Å². The zero-order valence-electron chi connectivity index (χ0n) is 14.8. The summed E-state index contributed by atoms with van der Waals surface area (Å²) < 4.78 is 10.9. The van der Waals surface area contributed by atoms with Crippen LogP contribution in [0.15, 0.2) is 34.7 Å². The van der Waals surface area contributed by atoms with Gasteiger partial charge in [-0.1, -0.05) is 0 Å². The van der Waals surface area contributed by atoms with Crippen molar-refractivity contribution in [2.75, 3.05) is 25.6 Å². The summed E-state index contributed by atoms with van der Waals surface area (Å²) in [5, 5.41) is 2.94. The molecule has 1 aliphatic carbocycles. The highest BCUT2D eigenvalue weighted by Crippen LogP contribution is 2.32. The van der Waals surface area contributed by atoms with Crippen LogP contribution in [0.1, 0.15) is 24.2 Å². The Labute approximate surface area is 152 Å². The number of anilines is 1. The monoisotopic (exact) mass is 354 g/mol. The number of fused-ring (bicyclic) bond motifs is 1. The lowest BCUT2D eigenvalue weighted by molar-refractivity contribution is -0.136. The van der Waals surface area contributed by atoms with E-state index in [0.717, 1.165) is 41.2 Å². The maximum absolute atomic E-state index is 12.0. The minimum Gasteiger partial charge on any atom is -0.461 e. The number of nitrogens with zero attached hydrogens (tertiary/aromatic N) is 1. The van der Waals surface area contributed by atoms with Gasteiger partial charge in [0, 0.05) is 49.4 Å². The Morgan fingerprint density at radius 2 is 2.04 bits per heavy atom. The molecule has 0 unspecified atom stereocenters. The molecule has 2 aromatic rings. The number of carbonyl (C=O) groups excluding carboxylic acids is 2. The van der Waals surface area contributed by atoms with Gasteiger partial charge >= 0.3 is 0 Å². The van der Waals surface area contributed by atoms with Crippen molar-refractivity contribution in [3.05, 3.63) is 41.7 Å². The quantitative estimate of drug-likeness (QED) is 0.896. The minimum atomic E-state index is -0.00310. The first kappa shape index (κ1) is 16.8. The molecule has 0 radical (unpaired) electrons.